The highest BCUT2D eigenvalue weighted by Crippen LogP contribution is 2.32. The molecule has 0 unspecified atom stereocenters. The van der Waals surface area contributed by atoms with Gasteiger partial charge in [-0.3, -0.25) is 0 Å². The lowest BCUT2D eigenvalue weighted by molar-refractivity contribution is 0.000586. The highest BCUT2D eigenvalue weighted by molar-refractivity contribution is 9.10. The number of benzene rings is 1. The number of hydrogen-bond acceptors (Lipinski definition) is 2. The number of methoxy groups -OCH3 is 1. The Kier molecular flexibility index (Phi) is 6.53. The zero-order valence-corrected chi connectivity index (χ0v) is 14.8. The van der Waals surface area contributed by atoms with E-state index in [4.69, 9.17) is 4.74 Å². The molecule has 0 aliphatic carbocycles. The van der Waals surface area contributed by atoms with Crippen LogP contribution in [0.15, 0.2) is 22.7 Å². The van der Waals surface area contributed by atoms with Crippen LogP contribution in [0.25, 0.3) is 0 Å². The molecule has 3 heteroatoms. The van der Waals surface area contributed by atoms with E-state index < -0.39 is 5.60 Å². The first-order chi connectivity index (χ1) is 9.25. The molecule has 0 aliphatic rings. The molecule has 0 aromatic heterocycles. The Hall–Kier alpha value is -0.540. The summed E-state index contributed by atoms with van der Waals surface area (Å²) in [4.78, 5) is 0. The van der Waals surface area contributed by atoms with Gasteiger partial charge in [-0.05, 0) is 48.4 Å². The van der Waals surface area contributed by atoms with Crippen molar-refractivity contribution in [2.24, 2.45) is 11.8 Å². The minimum Gasteiger partial charge on any atom is -0.497 e. The van der Waals surface area contributed by atoms with Crippen LogP contribution in [-0.2, 0) is 6.42 Å². The third-order valence-corrected chi connectivity index (χ3v) is 4.12. The number of ether oxygens (including phenoxy) is 1. The van der Waals surface area contributed by atoms with Crippen LogP contribution in [0.1, 0.15) is 46.1 Å². The lowest BCUT2D eigenvalue weighted by Gasteiger charge is -2.32. The van der Waals surface area contributed by atoms with Gasteiger partial charge in [0.25, 0.3) is 0 Å². The SMILES string of the molecule is COc1ccc(Br)c(CC(O)(CC(C)C)CC(C)C)c1. The molecule has 114 valence electrons. The number of rotatable bonds is 7. The number of hydrogen-bond donors (Lipinski definition) is 1. The van der Waals surface area contributed by atoms with Crippen LogP contribution < -0.4 is 4.74 Å². The van der Waals surface area contributed by atoms with E-state index in [-0.39, 0.29) is 0 Å². The van der Waals surface area contributed by atoms with Gasteiger partial charge in [0.1, 0.15) is 5.75 Å². The van der Waals surface area contributed by atoms with Gasteiger partial charge in [-0.25, -0.2) is 0 Å². The van der Waals surface area contributed by atoms with E-state index in [9.17, 15) is 5.11 Å². The van der Waals surface area contributed by atoms with Gasteiger partial charge >= 0.3 is 0 Å². The summed E-state index contributed by atoms with van der Waals surface area (Å²) in [6.45, 7) is 8.63. The van der Waals surface area contributed by atoms with E-state index in [1.54, 1.807) is 7.11 Å². The summed E-state index contributed by atoms with van der Waals surface area (Å²) in [6.07, 6.45) is 2.28. The Morgan fingerprint density at radius 1 is 1.15 bits per heavy atom. The van der Waals surface area contributed by atoms with Crippen LogP contribution in [0, 0.1) is 11.8 Å². The van der Waals surface area contributed by atoms with Crippen molar-refractivity contribution < 1.29 is 9.84 Å². The molecule has 0 aliphatic heterocycles. The molecule has 0 atom stereocenters. The van der Waals surface area contributed by atoms with Crippen LogP contribution in [0.3, 0.4) is 0 Å². The van der Waals surface area contributed by atoms with E-state index in [1.165, 1.54) is 0 Å². The van der Waals surface area contributed by atoms with Gasteiger partial charge in [-0.1, -0.05) is 43.6 Å². The summed E-state index contributed by atoms with van der Waals surface area (Å²) in [6, 6.07) is 5.92. The van der Waals surface area contributed by atoms with Gasteiger partial charge in [0.15, 0.2) is 0 Å². The number of halogens is 1. The summed E-state index contributed by atoms with van der Waals surface area (Å²) < 4.78 is 6.32. The van der Waals surface area contributed by atoms with Crippen LogP contribution in [0.4, 0.5) is 0 Å². The lowest BCUT2D eigenvalue weighted by atomic mass is 9.80. The fourth-order valence-corrected chi connectivity index (χ4v) is 3.30. The van der Waals surface area contributed by atoms with Gasteiger partial charge in [-0.15, -0.1) is 0 Å². The summed E-state index contributed by atoms with van der Waals surface area (Å²) >= 11 is 3.58. The summed E-state index contributed by atoms with van der Waals surface area (Å²) in [5.41, 5.74) is 0.449. The molecule has 1 N–H and O–H groups in total. The first-order valence-electron chi connectivity index (χ1n) is 7.30. The van der Waals surface area contributed by atoms with E-state index in [2.05, 4.69) is 43.6 Å². The minimum atomic E-state index is -0.656. The molecular weight excluding hydrogens is 316 g/mol. The van der Waals surface area contributed by atoms with Crippen molar-refractivity contribution >= 4 is 15.9 Å². The average molecular weight is 343 g/mol. The Morgan fingerprint density at radius 3 is 2.15 bits per heavy atom. The second-order valence-electron chi connectivity index (χ2n) is 6.55. The van der Waals surface area contributed by atoms with Crippen LogP contribution in [0.2, 0.25) is 0 Å². The van der Waals surface area contributed by atoms with Crippen molar-refractivity contribution in [3.8, 4) is 5.75 Å². The van der Waals surface area contributed by atoms with Crippen LogP contribution in [0.5, 0.6) is 5.75 Å². The maximum absolute atomic E-state index is 11.0. The van der Waals surface area contributed by atoms with Gasteiger partial charge < -0.3 is 9.84 Å². The molecule has 0 spiro atoms. The van der Waals surface area contributed by atoms with Gasteiger partial charge in [0.05, 0.1) is 12.7 Å². The molecule has 0 fully saturated rings. The van der Waals surface area contributed by atoms with Crippen molar-refractivity contribution in [1.29, 1.82) is 0 Å². The minimum absolute atomic E-state index is 0.475. The van der Waals surface area contributed by atoms with Gasteiger partial charge in [0, 0.05) is 10.9 Å². The third kappa shape index (κ3) is 5.45. The predicted molar refractivity (Wildman–Crippen MR) is 88.3 cm³/mol. The maximum Gasteiger partial charge on any atom is 0.119 e. The molecule has 1 aromatic carbocycles. The average Bonchev–Trinajstić information content (AvgIpc) is 2.29. The normalized spacial score (nSPS) is 12.2. The quantitative estimate of drug-likeness (QED) is 0.769. The second kappa shape index (κ2) is 7.46. The topological polar surface area (TPSA) is 29.5 Å². The summed E-state index contributed by atoms with van der Waals surface area (Å²) in [7, 11) is 1.67. The molecule has 0 saturated carbocycles. The van der Waals surface area contributed by atoms with E-state index in [0.717, 1.165) is 28.6 Å². The fourth-order valence-electron chi connectivity index (χ4n) is 2.92. The molecule has 0 saturated heterocycles. The zero-order chi connectivity index (χ0) is 15.3. The summed E-state index contributed by atoms with van der Waals surface area (Å²) in [5, 5.41) is 11.0. The van der Waals surface area contributed by atoms with Crippen molar-refractivity contribution in [1.82, 2.24) is 0 Å². The molecule has 1 aromatic rings. The first kappa shape index (κ1) is 17.5. The summed E-state index contributed by atoms with van der Waals surface area (Å²) in [5.74, 6) is 1.78. The van der Waals surface area contributed by atoms with E-state index in [1.807, 2.05) is 18.2 Å². The molecule has 1 rings (SSSR count). The van der Waals surface area contributed by atoms with E-state index >= 15 is 0 Å². The zero-order valence-electron chi connectivity index (χ0n) is 13.2. The van der Waals surface area contributed by atoms with Crippen LogP contribution >= 0.6 is 15.9 Å². The van der Waals surface area contributed by atoms with Crippen molar-refractivity contribution in [3.05, 3.63) is 28.2 Å². The predicted octanol–water partition coefficient (Wildman–Crippen LogP) is 4.82. The Labute approximate surface area is 131 Å². The van der Waals surface area contributed by atoms with Crippen molar-refractivity contribution in [3.63, 3.8) is 0 Å². The largest absolute Gasteiger partial charge is 0.497 e. The second-order valence-corrected chi connectivity index (χ2v) is 7.41. The Bertz CT molecular complexity index is 417. The highest BCUT2D eigenvalue weighted by Gasteiger charge is 2.30. The van der Waals surface area contributed by atoms with E-state index in [0.29, 0.717) is 18.3 Å². The standard InChI is InChI=1S/C17H27BrO2/c1-12(2)9-17(19,10-13(3)4)11-14-8-15(20-5)6-7-16(14)18/h6-8,12-13,19H,9-11H2,1-5H3. The number of aliphatic hydroxyl groups is 1. The molecule has 20 heavy (non-hydrogen) atoms. The molecule has 0 bridgehead atoms. The van der Waals surface area contributed by atoms with Crippen molar-refractivity contribution in [2.45, 2.75) is 52.6 Å². The Morgan fingerprint density at radius 2 is 1.70 bits per heavy atom. The van der Waals surface area contributed by atoms with Crippen LogP contribution in [-0.4, -0.2) is 17.8 Å². The third-order valence-electron chi connectivity index (χ3n) is 3.35. The monoisotopic (exact) mass is 342 g/mol. The van der Waals surface area contributed by atoms with Crippen molar-refractivity contribution in [2.75, 3.05) is 7.11 Å². The van der Waals surface area contributed by atoms with Gasteiger partial charge in [-0.2, -0.15) is 0 Å². The molecule has 0 heterocycles. The highest BCUT2D eigenvalue weighted by atomic mass is 79.9. The first-order valence-corrected chi connectivity index (χ1v) is 8.10. The molecule has 0 amide bonds. The molecule has 0 radical (unpaired) electrons. The molecule has 2 nitrogen and oxygen atoms in total. The molecular formula is C17H27BrO2. The Balaban J connectivity index is 2.99. The lowest BCUT2D eigenvalue weighted by Crippen LogP contribution is -2.35. The maximum atomic E-state index is 11.0. The smallest absolute Gasteiger partial charge is 0.119 e. The fraction of sp³-hybridized carbons (Fsp3) is 0.647. The van der Waals surface area contributed by atoms with Gasteiger partial charge in [0.2, 0.25) is 0 Å².